The summed E-state index contributed by atoms with van der Waals surface area (Å²) in [6, 6.07) is 11.3. The van der Waals surface area contributed by atoms with Crippen molar-refractivity contribution in [1.82, 2.24) is 9.97 Å². The van der Waals surface area contributed by atoms with E-state index in [4.69, 9.17) is 16.3 Å². The van der Waals surface area contributed by atoms with Crippen LogP contribution in [0.2, 0.25) is 5.02 Å². The number of halogens is 1. The van der Waals surface area contributed by atoms with Crippen LogP contribution in [0.15, 0.2) is 54.9 Å². The Morgan fingerprint density at radius 3 is 2.55 bits per heavy atom. The zero-order valence-corrected chi connectivity index (χ0v) is 16.2. The van der Waals surface area contributed by atoms with Crippen molar-refractivity contribution < 1.29 is 14.5 Å². The van der Waals surface area contributed by atoms with Crippen LogP contribution in [0, 0.1) is 10.1 Å². The average molecular weight is 413 g/mol. The largest absolute Gasteiger partial charge is 0.439 e. The van der Waals surface area contributed by atoms with E-state index in [9.17, 15) is 14.9 Å². The molecule has 0 fully saturated rings. The predicted octanol–water partition coefficient (Wildman–Crippen LogP) is 4.57. The van der Waals surface area contributed by atoms with Crippen molar-refractivity contribution in [2.75, 3.05) is 5.32 Å². The fourth-order valence-electron chi connectivity index (χ4n) is 2.55. The smallest absolute Gasteiger partial charge is 0.287 e. The van der Waals surface area contributed by atoms with E-state index in [0.717, 1.165) is 17.5 Å². The van der Waals surface area contributed by atoms with Gasteiger partial charge in [0.25, 0.3) is 5.69 Å². The molecule has 1 N–H and O–H groups in total. The van der Waals surface area contributed by atoms with Crippen LogP contribution >= 0.6 is 11.6 Å². The lowest BCUT2D eigenvalue weighted by molar-refractivity contribution is -0.385. The molecule has 0 aliphatic carbocycles. The van der Waals surface area contributed by atoms with Crippen molar-refractivity contribution in [2.24, 2.45) is 0 Å². The van der Waals surface area contributed by atoms with Crippen molar-refractivity contribution in [3.05, 3.63) is 81.3 Å². The van der Waals surface area contributed by atoms with Crippen molar-refractivity contribution in [3.8, 4) is 11.6 Å². The first kappa shape index (κ1) is 20.2. The molecule has 0 radical (unpaired) electrons. The number of rotatable bonds is 7. The molecule has 0 aliphatic heterocycles. The van der Waals surface area contributed by atoms with Crippen LogP contribution in [0.1, 0.15) is 18.2 Å². The maximum absolute atomic E-state index is 12.3. The third kappa shape index (κ3) is 5.26. The number of carbonyl (C=O) groups is 1. The number of amides is 1. The summed E-state index contributed by atoms with van der Waals surface area (Å²) in [5.41, 5.74) is 1.94. The average Bonchev–Trinajstić information content (AvgIpc) is 2.71. The van der Waals surface area contributed by atoms with Crippen molar-refractivity contribution in [3.63, 3.8) is 0 Å². The number of aryl methyl sites for hydroxylation is 1. The van der Waals surface area contributed by atoms with E-state index in [0.29, 0.717) is 22.9 Å². The summed E-state index contributed by atoms with van der Waals surface area (Å²) < 4.78 is 5.55. The number of benzene rings is 1. The minimum atomic E-state index is -0.529. The van der Waals surface area contributed by atoms with Gasteiger partial charge in [0.1, 0.15) is 11.9 Å². The van der Waals surface area contributed by atoms with Crippen molar-refractivity contribution >= 4 is 28.9 Å². The standard InChI is InChI=1S/C20H17ClN4O4/c1-2-16-20(21)17(9-10-22-16)24-18(26)11-13-3-6-15(7-4-13)29-19-8-5-14(12-23-19)25(27)28/h3-10,12H,2,11H2,1H3,(H,22,24,26). The Labute approximate surface area is 171 Å². The molecule has 148 valence electrons. The van der Waals surface area contributed by atoms with Gasteiger partial charge in [-0.2, -0.15) is 0 Å². The molecule has 8 nitrogen and oxygen atoms in total. The number of hydrogen-bond acceptors (Lipinski definition) is 6. The molecule has 29 heavy (non-hydrogen) atoms. The first-order chi connectivity index (χ1) is 14.0. The number of aromatic nitrogens is 2. The van der Waals surface area contributed by atoms with Gasteiger partial charge < -0.3 is 10.1 Å². The molecule has 0 saturated carbocycles. The summed E-state index contributed by atoms with van der Waals surface area (Å²) in [5.74, 6) is 0.534. The predicted molar refractivity (Wildman–Crippen MR) is 108 cm³/mol. The van der Waals surface area contributed by atoms with E-state index >= 15 is 0 Å². The molecule has 3 aromatic rings. The number of ether oxygens (including phenoxy) is 1. The fourth-order valence-corrected chi connectivity index (χ4v) is 2.84. The molecule has 0 aliphatic rings. The molecule has 2 heterocycles. The van der Waals surface area contributed by atoms with Crippen molar-refractivity contribution in [2.45, 2.75) is 19.8 Å². The molecule has 1 aromatic carbocycles. The lowest BCUT2D eigenvalue weighted by Gasteiger charge is -2.10. The maximum Gasteiger partial charge on any atom is 0.287 e. The van der Waals surface area contributed by atoms with Gasteiger partial charge in [-0.15, -0.1) is 0 Å². The second-order valence-corrected chi connectivity index (χ2v) is 6.43. The number of nitrogens with zero attached hydrogens (tertiary/aromatic N) is 3. The third-order valence-electron chi connectivity index (χ3n) is 4.01. The molecule has 1 amide bonds. The highest BCUT2D eigenvalue weighted by Crippen LogP contribution is 2.25. The molecule has 0 bridgehead atoms. The Hall–Kier alpha value is -3.52. The van der Waals surface area contributed by atoms with Gasteiger partial charge in [-0.05, 0) is 30.2 Å². The van der Waals surface area contributed by atoms with E-state index in [2.05, 4.69) is 15.3 Å². The molecule has 0 saturated heterocycles. The van der Waals surface area contributed by atoms with Crippen LogP contribution < -0.4 is 10.1 Å². The minimum Gasteiger partial charge on any atom is -0.439 e. The SMILES string of the molecule is CCc1nccc(NC(=O)Cc2ccc(Oc3ccc([N+](=O)[O-])cn3)cc2)c1Cl. The highest BCUT2D eigenvalue weighted by atomic mass is 35.5. The van der Waals surface area contributed by atoms with E-state index in [1.165, 1.54) is 12.1 Å². The molecule has 2 aromatic heterocycles. The van der Waals surface area contributed by atoms with Crippen LogP contribution in [0.4, 0.5) is 11.4 Å². The molecule has 3 rings (SSSR count). The molecule has 0 atom stereocenters. The van der Waals surface area contributed by atoms with Gasteiger partial charge in [0.15, 0.2) is 0 Å². The topological polar surface area (TPSA) is 107 Å². The van der Waals surface area contributed by atoms with E-state index in [1.807, 2.05) is 6.92 Å². The molecular weight excluding hydrogens is 396 g/mol. The van der Waals surface area contributed by atoms with E-state index in [-0.39, 0.29) is 23.9 Å². The number of nitrogens with one attached hydrogen (secondary N) is 1. The Morgan fingerprint density at radius 2 is 1.93 bits per heavy atom. The number of hydrogen-bond donors (Lipinski definition) is 1. The molecule has 0 spiro atoms. The molecule has 9 heteroatoms. The van der Waals surface area contributed by atoms with Gasteiger partial charge in [0, 0.05) is 18.3 Å². The summed E-state index contributed by atoms with van der Waals surface area (Å²) in [6.45, 7) is 1.94. The quantitative estimate of drug-likeness (QED) is 0.449. The van der Waals surface area contributed by atoms with Gasteiger partial charge in [-0.3, -0.25) is 19.9 Å². The number of anilines is 1. The summed E-state index contributed by atoms with van der Waals surface area (Å²) in [5, 5.41) is 13.9. The highest BCUT2D eigenvalue weighted by Gasteiger charge is 2.11. The first-order valence-corrected chi connectivity index (χ1v) is 9.14. The summed E-state index contributed by atoms with van der Waals surface area (Å²) >= 11 is 6.24. The fraction of sp³-hybridized carbons (Fsp3) is 0.150. The Morgan fingerprint density at radius 1 is 1.17 bits per heavy atom. The zero-order chi connectivity index (χ0) is 20.8. The Kier molecular flexibility index (Phi) is 6.36. The van der Waals surface area contributed by atoms with Crippen LogP contribution in [0.5, 0.6) is 11.6 Å². The monoisotopic (exact) mass is 412 g/mol. The van der Waals surface area contributed by atoms with Crippen LogP contribution in [0.25, 0.3) is 0 Å². The zero-order valence-electron chi connectivity index (χ0n) is 15.5. The minimum absolute atomic E-state index is 0.112. The van der Waals surface area contributed by atoms with Crippen LogP contribution in [0.3, 0.4) is 0 Å². The van der Waals surface area contributed by atoms with Crippen LogP contribution in [-0.4, -0.2) is 20.8 Å². The Bertz CT molecular complexity index is 1020. The lowest BCUT2D eigenvalue weighted by Crippen LogP contribution is -2.15. The second-order valence-electron chi connectivity index (χ2n) is 6.06. The van der Waals surface area contributed by atoms with Gasteiger partial charge in [-0.1, -0.05) is 30.7 Å². The number of nitro groups is 1. The number of carbonyl (C=O) groups excluding carboxylic acids is 1. The second kappa shape index (κ2) is 9.11. The summed E-state index contributed by atoms with van der Waals surface area (Å²) in [6.07, 6.45) is 3.57. The first-order valence-electron chi connectivity index (χ1n) is 8.76. The van der Waals surface area contributed by atoms with E-state index in [1.54, 1.807) is 36.5 Å². The molecular formula is C20H17ClN4O4. The summed E-state index contributed by atoms with van der Waals surface area (Å²) in [7, 11) is 0. The van der Waals surface area contributed by atoms with Crippen LogP contribution in [-0.2, 0) is 17.6 Å². The Balaban J connectivity index is 1.60. The maximum atomic E-state index is 12.3. The normalized spacial score (nSPS) is 10.4. The highest BCUT2D eigenvalue weighted by molar-refractivity contribution is 6.34. The summed E-state index contributed by atoms with van der Waals surface area (Å²) in [4.78, 5) is 30.5. The lowest BCUT2D eigenvalue weighted by atomic mass is 10.1. The third-order valence-corrected chi connectivity index (χ3v) is 4.43. The van der Waals surface area contributed by atoms with E-state index < -0.39 is 4.92 Å². The van der Waals surface area contributed by atoms with Gasteiger partial charge in [0.05, 0.1) is 27.7 Å². The molecule has 0 unspecified atom stereocenters. The van der Waals surface area contributed by atoms with Crippen molar-refractivity contribution in [1.29, 1.82) is 0 Å². The van der Waals surface area contributed by atoms with Gasteiger partial charge in [-0.25, -0.2) is 4.98 Å². The van der Waals surface area contributed by atoms with Gasteiger partial charge >= 0.3 is 0 Å². The number of pyridine rings is 2. The van der Waals surface area contributed by atoms with Gasteiger partial charge in [0.2, 0.25) is 11.8 Å².